The third-order valence-corrected chi connectivity index (χ3v) is 5.07. The van der Waals surface area contributed by atoms with E-state index in [0.717, 1.165) is 40.6 Å². The van der Waals surface area contributed by atoms with E-state index < -0.39 is 0 Å². The van der Waals surface area contributed by atoms with Gasteiger partial charge in [-0.15, -0.1) is 11.3 Å². The predicted molar refractivity (Wildman–Crippen MR) is 95.1 cm³/mol. The number of morpholine rings is 1. The van der Waals surface area contributed by atoms with E-state index in [1.165, 1.54) is 0 Å². The highest BCUT2D eigenvalue weighted by Gasteiger charge is 2.26. The number of ether oxygens (including phenoxy) is 1. The molecular formula is C18H19N3OS. The summed E-state index contributed by atoms with van der Waals surface area (Å²) in [7, 11) is 0. The van der Waals surface area contributed by atoms with Crippen LogP contribution in [0.25, 0.3) is 21.6 Å². The first kappa shape index (κ1) is 14.6. The van der Waals surface area contributed by atoms with Crippen LogP contribution in [0.3, 0.4) is 0 Å². The molecule has 1 fully saturated rings. The molecular weight excluding hydrogens is 306 g/mol. The van der Waals surface area contributed by atoms with E-state index in [9.17, 15) is 0 Å². The molecule has 0 amide bonds. The van der Waals surface area contributed by atoms with Crippen LogP contribution in [0.4, 0.5) is 5.82 Å². The van der Waals surface area contributed by atoms with Crippen LogP contribution in [0.2, 0.25) is 0 Å². The van der Waals surface area contributed by atoms with Crippen LogP contribution in [0.5, 0.6) is 0 Å². The summed E-state index contributed by atoms with van der Waals surface area (Å²) in [6.07, 6.45) is 0.213. The molecule has 0 saturated carbocycles. The Morgan fingerprint density at radius 2 is 2.00 bits per heavy atom. The summed E-state index contributed by atoms with van der Waals surface area (Å²) in [5, 5.41) is 3.17. The number of benzene rings is 1. The van der Waals surface area contributed by atoms with E-state index in [1.807, 2.05) is 12.1 Å². The van der Waals surface area contributed by atoms with E-state index in [-0.39, 0.29) is 6.10 Å². The maximum absolute atomic E-state index is 5.77. The van der Waals surface area contributed by atoms with Gasteiger partial charge in [-0.05, 0) is 37.4 Å². The quantitative estimate of drug-likeness (QED) is 0.714. The smallest absolute Gasteiger partial charge is 0.172 e. The summed E-state index contributed by atoms with van der Waals surface area (Å²) < 4.78 is 5.77. The van der Waals surface area contributed by atoms with Crippen molar-refractivity contribution in [1.29, 1.82) is 0 Å². The summed E-state index contributed by atoms with van der Waals surface area (Å²) in [5.74, 6) is 1.82. The molecule has 1 saturated heterocycles. The van der Waals surface area contributed by atoms with Crippen molar-refractivity contribution in [1.82, 2.24) is 9.97 Å². The van der Waals surface area contributed by atoms with Gasteiger partial charge in [0.2, 0.25) is 0 Å². The number of nitrogens with zero attached hydrogens (tertiary/aromatic N) is 3. The molecule has 23 heavy (non-hydrogen) atoms. The van der Waals surface area contributed by atoms with Gasteiger partial charge < -0.3 is 9.64 Å². The Balaban J connectivity index is 1.90. The Morgan fingerprint density at radius 1 is 1.13 bits per heavy atom. The van der Waals surface area contributed by atoms with Crippen molar-refractivity contribution in [2.75, 3.05) is 18.1 Å². The Bertz CT molecular complexity index is 818. The fourth-order valence-electron chi connectivity index (χ4n) is 2.99. The van der Waals surface area contributed by atoms with Gasteiger partial charge in [-0.25, -0.2) is 9.97 Å². The molecule has 2 atom stereocenters. The number of thiophene rings is 1. The Hall–Kier alpha value is -1.98. The first-order chi connectivity index (χ1) is 11.2. The predicted octanol–water partition coefficient (Wildman–Crippen LogP) is 3.97. The average molecular weight is 325 g/mol. The molecule has 0 N–H and O–H groups in total. The topological polar surface area (TPSA) is 38.2 Å². The van der Waals surface area contributed by atoms with E-state index in [2.05, 4.69) is 48.4 Å². The van der Waals surface area contributed by atoms with Crippen molar-refractivity contribution in [3.05, 3.63) is 41.8 Å². The SMILES string of the molecule is C[C@@H]1CN(c2nc(-c3cccs3)nc3ccccc23)[C@H](C)CO1. The van der Waals surface area contributed by atoms with Gasteiger partial charge in [0, 0.05) is 11.9 Å². The summed E-state index contributed by atoms with van der Waals surface area (Å²) in [5.41, 5.74) is 0.993. The van der Waals surface area contributed by atoms with Crippen LogP contribution in [-0.4, -0.2) is 35.3 Å². The maximum Gasteiger partial charge on any atom is 0.172 e. The highest BCUT2D eigenvalue weighted by molar-refractivity contribution is 7.13. The van der Waals surface area contributed by atoms with E-state index in [4.69, 9.17) is 14.7 Å². The minimum absolute atomic E-state index is 0.213. The van der Waals surface area contributed by atoms with Gasteiger partial charge in [-0.2, -0.15) is 0 Å². The van der Waals surface area contributed by atoms with Crippen molar-refractivity contribution in [3.63, 3.8) is 0 Å². The molecule has 0 unspecified atom stereocenters. The zero-order valence-corrected chi connectivity index (χ0v) is 14.1. The Morgan fingerprint density at radius 3 is 2.83 bits per heavy atom. The lowest BCUT2D eigenvalue weighted by Gasteiger charge is -2.38. The Labute approximate surface area is 139 Å². The Kier molecular flexibility index (Phi) is 3.75. The first-order valence-electron chi connectivity index (χ1n) is 7.91. The number of hydrogen-bond acceptors (Lipinski definition) is 5. The molecule has 118 valence electrons. The van der Waals surface area contributed by atoms with Crippen LogP contribution in [0.15, 0.2) is 41.8 Å². The molecule has 2 aromatic heterocycles. The highest BCUT2D eigenvalue weighted by Crippen LogP contribution is 2.31. The summed E-state index contributed by atoms with van der Waals surface area (Å²) >= 11 is 1.67. The molecule has 3 heterocycles. The van der Waals surface area contributed by atoms with Gasteiger partial charge in [-0.3, -0.25) is 0 Å². The van der Waals surface area contributed by atoms with Crippen molar-refractivity contribution in [2.24, 2.45) is 0 Å². The molecule has 0 radical (unpaired) electrons. The second kappa shape index (κ2) is 5.91. The van der Waals surface area contributed by atoms with Crippen LogP contribution < -0.4 is 4.90 Å². The largest absolute Gasteiger partial charge is 0.375 e. The summed E-state index contributed by atoms with van der Waals surface area (Å²) in [6, 6.07) is 12.7. The third-order valence-electron chi connectivity index (χ3n) is 4.20. The summed E-state index contributed by atoms with van der Waals surface area (Å²) in [4.78, 5) is 13.1. The fourth-order valence-corrected chi connectivity index (χ4v) is 3.65. The molecule has 0 bridgehead atoms. The molecule has 5 heteroatoms. The second-order valence-electron chi connectivity index (χ2n) is 6.01. The molecule has 0 aliphatic carbocycles. The first-order valence-corrected chi connectivity index (χ1v) is 8.79. The minimum atomic E-state index is 0.213. The number of hydrogen-bond donors (Lipinski definition) is 0. The number of aromatic nitrogens is 2. The van der Waals surface area contributed by atoms with Crippen molar-refractivity contribution >= 4 is 28.1 Å². The van der Waals surface area contributed by atoms with E-state index >= 15 is 0 Å². The van der Waals surface area contributed by atoms with E-state index in [0.29, 0.717) is 6.04 Å². The third kappa shape index (κ3) is 2.71. The molecule has 0 spiro atoms. The number of rotatable bonds is 2. The molecule has 1 aliphatic rings. The van der Waals surface area contributed by atoms with Gasteiger partial charge in [0.05, 0.1) is 29.1 Å². The second-order valence-corrected chi connectivity index (χ2v) is 6.96. The molecule has 3 aromatic rings. The van der Waals surface area contributed by atoms with Gasteiger partial charge in [0.25, 0.3) is 0 Å². The van der Waals surface area contributed by atoms with Crippen LogP contribution in [0.1, 0.15) is 13.8 Å². The zero-order valence-electron chi connectivity index (χ0n) is 13.3. The normalized spacial score (nSPS) is 21.7. The van der Waals surface area contributed by atoms with E-state index in [1.54, 1.807) is 11.3 Å². The fraction of sp³-hybridized carbons (Fsp3) is 0.333. The lowest BCUT2D eigenvalue weighted by molar-refractivity contribution is 0.0342. The standard InChI is InChI=1S/C18H19N3OS/c1-12-11-22-13(2)10-21(12)18-14-6-3-4-7-15(14)19-17(20-18)16-8-5-9-23-16/h3-9,12-13H,10-11H2,1-2H3/t12-,13-/m1/s1. The van der Waals surface area contributed by atoms with Crippen LogP contribution >= 0.6 is 11.3 Å². The molecule has 1 aromatic carbocycles. The lowest BCUT2D eigenvalue weighted by atomic mass is 10.1. The van der Waals surface area contributed by atoms with Crippen LogP contribution in [0, 0.1) is 0 Å². The average Bonchev–Trinajstić information content (AvgIpc) is 3.11. The van der Waals surface area contributed by atoms with Gasteiger partial charge in [-0.1, -0.05) is 18.2 Å². The molecule has 4 nitrogen and oxygen atoms in total. The molecule has 1 aliphatic heterocycles. The van der Waals surface area contributed by atoms with Gasteiger partial charge in [0.1, 0.15) is 5.82 Å². The zero-order chi connectivity index (χ0) is 15.8. The van der Waals surface area contributed by atoms with Gasteiger partial charge in [0.15, 0.2) is 5.82 Å². The monoisotopic (exact) mass is 325 g/mol. The lowest BCUT2D eigenvalue weighted by Crippen LogP contribution is -2.48. The molecule has 4 rings (SSSR count). The minimum Gasteiger partial charge on any atom is -0.375 e. The number of fused-ring (bicyclic) bond motifs is 1. The van der Waals surface area contributed by atoms with Crippen molar-refractivity contribution in [3.8, 4) is 10.7 Å². The number of para-hydroxylation sites is 1. The highest BCUT2D eigenvalue weighted by atomic mass is 32.1. The van der Waals surface area contributed by atoms with Gasteiger partial charge >= 0.3 is 0 Å². The number of anilines is 1. The maximum atomic E-state index is 5.77. The van der Waals surface area contributed by atoms with Crippen LogP contribution in [-0.2, 0) is 4.74 Å². The van der Waals surface area contributed by atoms with Crippen molar-refractivity contribution in [2.45, 2.75) is 26.0 Å². The summed E-state index contributed by atoms with van der Waals surface area (Å²) in [6.45, 7) is 5.88. The van der Waals surface area contributed by atoms with Crippen molar-refractivity contribution < 1.29 is 4.74 Å².